The van der Waals surface area contributed by atoms with Gasteiger partial charge in [-0.1, -0.05) is 12.1 Å². The zero-order chi connectivity index (χ0) is 23.5. The first-order valence-electron chi connectivity index (χ1n) is 11.1. The van der Waals surface area contributed by atoms with Gasteiger partial charge >= 0.3 is 0 Å². The van der Waals surface area contributed by atoms with E-state index in [2.05, 4.69) is 72.3 Å². The summed E-state index contributed by atoms with van der Waals surface area (Å²) in [6.45, 7) is 4.13. The van der Waals surface area contributed by atoms with E-state index >= 15 is 0 Å². The maximum atomic E-state index is 6.00. The largest absolute Gasteiger partial charge is 0.435 e. The Balaban J connectivity index is 1.16. The lowest BCUT2D eigenvalue weighted by Gasteiger charge is -1.91. The van der Waals surface area contributed by atoms with Crippen molar-refractivity contribution in [2.45, 2.75) is 13.8 Å². The Hall–Kier alpha value is -3.52. The van der Waals surface area contributed by atoms with Gasteiger partial charge in [0.05, 0.1) is 9.75 Å². The van der Waals surface area contributed by atoms with Gasteiger partial charge in [0.2, 0.25) is 11.8 Å². The summed E-state index contributed by atoms with van der Waals surface area (Å²) < 4.78 is 12.0. The van der Waals surface area contributed by atoms with Crippen molar-refractivity contribution < 1.29 is 8.83 Å². The van der Waals surface area contributed by atoms with Crippen molar-refractivity contribution in [1.29, 1.82) is 0 Å². The Bertz CT molecular complexity index is 1710. The van der Waals surface area contributed by atoms with Gasteiger partial charge in [0, 0.05) is 19.5 Å². The summed E-state index contributed by atoms with van der Waals surface area (Å²) in [7, 11) is 0. The number of nitrogens with zero attached hydrogens (tertiary/aromatic N) is 2. The molecule has 35 heavy (non-hydrogen) atoms. The summed E-state index contributed by atoms with van der Waals surface area (Å²) in [5.41, 5.74) is 5.80. The molecule has 0 fully saturated rings. The highest BCUT2D eigenvalue weighted by Crippen LogP contribution is 2.43. The van der Waals surface area contributed by atoms with Crippen molar-refractivity contribution in [2.24, 2.45) is 0 Å². The average Bonchev–Trinajstić information content (AvgIpc) is 3.66. The van der Waals surface area contributed by atoms with Crippen LogP contribution in [0.2, 0.25) is 0 Å². The molecule has 0 aliphatic heterocycles. The van der Waals surface area contributed by atoms with Crippen LogP contribution in [-0.4, -0.2) is 9.97 Å². The molecule has 5 heterocycles. The first-order chi connectivity index (χ1) is 17.1. The number of hydrogen-bond donors (Lipinski definition) is 0. The molecule has 0 aliphatic carbocycles. The average molecular weight is 511 g/mol. The molecule has 0 N–H and O–H groups in total. The third-order valence-electron chi connectivity index (χ3n) is 5.81. The zero-order valence-corrected chi connectivity index (χ0v) is 21.3. The van der Waals surface area contributed by atoms with E-state index in [9.17, 15) is 0 Å². The SMILES string of the molecule is Cc1ccc2oc(-c3ccc(-c4ccc(-c5ccc(-c6nc7cc(C)ccc7o6)s5)s4)s3)nc2c1. The Morgan fingerprint density at radius 3 is 1.29 bits per heavy atom. The highest BCUT2D eigenvalue weighted by molar-refractivity contribution is 7.27. The molecule has 0 saturated heterocycles. The predicted molar refractivity (Wildman–Crippen MR) is 146 cm³/mol. The molecule has 0 unspecified atom stereocenters. The van der Waals surface area contributed by atoms with Crippen LogP contribution < -0.4 is 0 Å². The maximum Gasteiger partial charge on any atom is 0.237 e. The molecule has 7 heteroatoms. The van der Waals surface area contributed by atoms with Crippen LogP contribution in [0.4, 0.5) is 0 Å². The van der Waals surface area contributed by atoms with E-state index in [1.54, 1.807) is 34.0 Å². The molecule has 0 aliphatic rings. The summed E-state index contributed by atoms with van der Waals surface area (Å²) >= 11 is 5.20. The summed E-state index contributed by atoms with van der Waals surface area (Å²) in [4.78, 5) is 16.3. The first-order valence-corrected chi connectivity index (χ1v) is 13.6. The maximum absolute atomic E-state index is 6.00. The summed E-state index contributed by atoms with van der Waals surface area (Å²) in [6, 6.07) is 25.0. The Morgan fingerprint density at radius 2 is 0.857 bits per heavy atom. The molecule has 7 aromatic rings. The van der Waals surface area contributed by atoms with Crippen molar-refractivity contribution >= 4 is 56.2 Å². The molecule has 170 valence electrons. The van der Waals surface area contributed by atoms with Crippen molar-refractivity contribution in [3.05, 3.63) is 83.9 Å². The molecule has 7 rings (SSSR count). The second kappa shape index (κ2) is 8.02. The summed E-state index contributed by atoms with van der Waals surface area (Å²) in [5.74, 6) is 1.35. The van der Waals surface area contributed by atoms with E-state index in [0.717, 1.165) is 32.0 Å². The van der Waals surface area contributed by atoms with Gasteiger partial charge in [-0.05, 0) is 85.6 Å². The van der Waals surface area contributed by atoms with Gasteiger partial charge < -0.3 is 8.83 Å². The van der Waals surface area contributed by atoms with E-state index in [1.807, 2.05) is 24.3 Å². The van der Waals surface area contributed by atoms with Crippen molar-refractivity contribution in [3.8, 4) is 41.0 Å². The van der Waals surface area contributed by atoms with E-state index in [4.69, 9.17) is 8.83 Å². The Labute approximate surface area is 213 Å². The smallest absolute Gasteiger partial charge is 0.237 e. The van der Waals surface area contributed by atoms with E-state index < -0.39 is 0 Å². The van der Waals surface area contributed by atoms with E-state index in [-0.39, 0.29) is 0 Å². The lowest BCUT2D eigenvalue weighted by molar-refractivity contribution is 0.621. The molecular formula is C28H18N2O2S3. The number of rotatable bonds is 4. The third-order valence-corrected chi connectivity index (χ3v) is 9.43. The molecule has 2 aromatic carbocycles. The Kier molecular flexibility index (Phi) is 4.77. The van der Waals surface area contributed by atoms with Crippen LogP contribution in [0.1, 0.15) is 11.1 Å². The highest BCUT2D eigenvalue weighted by Gasteiger charge is 2.16. The van der Waals surface area contributed by atoms with Gasteiger partial charge in [-0.15, -0.1) is 34.0 Å². The van der Waals surface area contributed by atoms with E-state index in [1.165, 1.54) is 30.6 Å². The van der Waals surface area contributed by atoms with E-state index in [0.29, 0.717) is 11.8 Å². The third kappa shape index (κ3) is 3.72. The van der Waals surface area contributed by atoms with Crippen molar-refractivity contribution in [3.63, 3.8) is 0 Å². The molecule has 0 saturated carbocycles. The number of aromatic nitrogens is 2. The van der Waals surface area contributed by atoms with Crippen molar-refractivity contribution in [2.75, 3.05) is 0 Å². The molecule has 0 atom stereocenters. The van der Waals surface area contributed by atoms with Crippen LogP contribution in [0.3, 0.4) is 0 Å². The number of aryl methyl sites for hydroxylation is 2. The number of thiophene rings is 3. The van der Waals surface area contributed by atoms with Crippen LogP contribution in [0.5, 0.6) is 0 Å². The number of fused-ring (bicyclic) bond motifs is 2. The fraction of sp³-hybridized carbons (Fsp3) is 0.0714. The van der Waals surface area contributed by atoms with Gasteiger partial charge in [-0.3, -0.25) is 0 Å². The van der Waals surface area contributed by atoms with Gasteiger partial charge in [-0.25, -0.2) is 9.97 Å². The summed E-state index contributed by atoms with van der Waals surface area (Å²) in [5, 5.41) is 0. The lowest BCUT2D eigenvalue weighted by atomic mass is 10.2. The van der Waals surface area contributed by atoms with Gasteiger partial charge in [0.1, 0.15) is 11.0 Å². The summed E-state index contributed by atoms with van der Waals surface area (Å²) in [6.07, 6.45) is 0. The molecule has 0 radical (unpaired) electrons. The van der Waals surface area contributed by atoms with Crippen LogP contribution in [-0.2, 0) is 0 Å². The zero-order valence-electron chi connectivity index (χ0n) is 18.9. The standard InChI is InChI=1S/C28H18N2O2S3/c1-15-3-5-19-17(13-15)29-27(31-19)25-11-9-23(34-25)21-7-8-22(33-21)24-10-12-26(35-24)28-30-18-14-16(2)4-6-20(18)32-28/h3-14H,1-2H3. The normalized spacial score (nSPS) is 11.7. The molecule has 4 nitrogen and oxygen atoms in total. The first kappa shape index (κ1) is 20.8. The fourth-order valence-electron chi connectivity index (χ4n) is 4.06. The topological polar surface area (TPSA) is 52.1 Å². The quantitative estimate of drug-likeness (QED) is 0.237. The monoisotopic (exact) mass is 510 g/mol. The van der Waals surface area contributed by atoms with Crippen LogP contribution in [0.25, 0.3) is 63.2 Å². The predicted octanol–water partition coefficient (Wildman–Crippen LogP) is 9.44. The van der Waals surface area contributed by atoms with Crippen LogP contribution in [0.15, 0.2) is 81.6 Å². The molecule has 0 amide bonds. The Morgan fingerprint density at radius 1 is 0.486 bits per heavy atom. The number of hydrogen-bond acceptors (Lipinski definition) is 7. The number of benzene rings is 2. The number of oxazole rings is 2. The van der Waals surface area contributed by atoms with Gasteiger partial charge in [0.15, 0.2) is 11.2 Å². The van der Waals surface area contributed by atoms with Crippen LogP contribution >= 0.6 is 34.0 Å². The highest BCUT2D eigenvalue weighted by atomic mass is 32.1. The molecule has 0 spiro atoms. The fourth-order valence-corrected chi connectivity index (χ4v) is 7.11. The minimum absolute atomic E-state index is 0.676. The van der Waals surface area contributed by atoms with Gasteiger partial charge in [-0.2, -0.15) is 0 Å². The van der Waals surface area contributed by atoms with Gasteiger partial charge in [0.25, 0.3) is 0 Å². The van der Waals surface area contributed by atoms with Crippen LogP contribution in [0, 0.1) is 13.8 Å². The molecular weight excluding hydrogens is 493 g/mol. The lowest BCUT2D eigenvalue weighted by Crippen LogP contribution is -1.72. The molecule has 5 aromatic heterocycles. The molecule has 0 bridgehead atoms. The minimum atomic E-state index is 0.676. The minimum Gasteiger partial charge on any atom is -0.435 e. The second-order valence-corrected chi connectivity index (χ2v) is 11.7. The second-order valence-electron chi connectivity index (χ2n) is 8.47. The van der Waals surface area contributed by atoms with Crippen molar-refractivity contribution in [1.82, 2.24) is 9.97 Å².